The van der Waals surface area contributed by atoms with Crippen LogP contribution in [0.1, 0.15) is 51.1 Å². The second-order valence-corrected chi connectivity index (χ2v) is 6.07. The Kier molecular flexibility index (Phi) is 10.5. The number of aliphatic imine (C=N–C) groups is 1. The van der Waals surface area contributed by atoms with Crippen molar-refractivity contribution in [3.05, 3.63) is 18.0 Å². The van der Waals surface area contributed by atoms with Crippen molar-refractivity contribution in [3.63, 3.8) is 0 Å². The Bertz CT molecular complexity index is 541. The van der Waals surface area contributed by atoms with Gasteiger partial charge in [0.15, 0.2) is 5.96 Å². The predicted octanol–water partition coefficient (Wildman–Crippen LogP) is 2.36. The van der Waals surface area contributed by atoms with Crippen molar-refractivity contribution >= 4 is 35.9 Å². The lowest BCUT2D eigenvalue weighted by molar-refractivity contribution is -0.148. The van der Waals surface area contributed by atoms with Gasteiger partial charge in [0.2, 0.25) is 0 Å². The van der Waals surface area contributed by atoms with E-state index in [1.165, 1.54) is 12.8 Å². The molecule has 0 aromatic carbocycles. The van der Waals surface area contributed by atoms with Crippen LogP contribution in [0.25, 0.3) is 0 Å². The number of nitrogens with one attached hydrogen (secondary N) is 2. The van der Waals surface area contributed by atoms with Crippen LogP contribution in [0.3, 0.4) is 0 Å². The molecule has 1 aromatic rings. The van der Waals surface area contributed by atoms with E-state index in [-0.39, 0.29) is 36.0 Å². The lowest BCUT2D eigenvalue weighted by Gasteiger charge is -2.13. The molecule has 7 nitrogen and oxygen atoms in total. The number of guanidine groups is 1. The van der Waals surface area contributed by atoms with Gasteiger partial charge in [-0.1, -0.05) is 0 Å². The third-order valence-corrected chi connectivity index (χ3v) is 4.12. The molecule has 25 heavy (non-hydrogen) atoms. The van der Waals surface area contributed by atoms with E-state index in [0.29, 0.717) is 19.5 Å². The number of carbonyl (C=O) groups excluding carboxylic acids is 1. The van der Waals surface area contributed by atoms with Crippen molar-refractivity contribution in [1.29, 1.82) is 0 Å². The van der Waals surface area contributed by atoms with E-state index in [2.05, 4.69) is 20.7 Å². The molecule has 0 saturated heterocycles. The maximum Gasteiger partial charge on any atom is 0.306 e. The molecular formula is C17H30IN5O2. The van der Waals surface area contributed by atoms with Crippen molar-refractivity contribution in [3.8, 4) is 0 Å². The van der Waals surface area contributed by atoms with Gasteiger partial charge in [0.1, 0.15) is 6.10 Å². The van der Waals surface area contributed by atoms with Crippen LogP contribution in [0.5, 0.6) is 0 Å². The molecular weight excluding hydrogens is 433 g/mol. The zero-order chi connectivity index (χ0) is 17.2. The van der Waals surface area contributed by atoms with Gasteiger partial charge in [-0.05, 0) is 45.1 Å². The topological polar surface area (TPSA) is 80.5 Å². The third-order valence-electron chi connectivity index (χ3n) is 4.12. The van der Waals surface area contributed by atoms with Crippen LogP contribution >= 0.6 is 24.0 Å². The highest BCUT2D eigenvalue weighted by atomic mass is 127. The van der Waals surface area contributed by atoms with Crippen LogP contribution in [0.15, 0.2) is 17.3 Å². The second kappa shape index (κ2) is 12.1. The van der Waals surface area contributed by atoms with E-state index in [1.807, 2.05) is 24.7 Å². The molecule has 0 unspecified atom stereocenters. The maximum atomic E-state index is 11.8. The lowest BCUT2D eigenvalue weighted by Crippen LogP contribution is -2.38. The minimum Gasteiger partial charge on any atom is -0.462 e. The molecule has 0 spiro atoms. The van der Waals surface area contributed by atoms with Gasteiger partial charge in [-0.25, -0.2) is 4.99 Å². The number of hydrogen-bond acceptors (Lipinski definition) is 4. The van der Waals surface area contributed by atoms with E-state index in [9.17, 15) is 4.79 Å². The number of aryl methyl sites for hydroxylation is 1. The summed E-state index contributed by atoms with van der Waals surface area (Å²) < 4.78 is 7.26. The quantitative estimate of drug-likeness (QED) is 0.204. The Labute approximate surface area is 167 Å². The summed E-state index contributed by atoms with van der Waals surface area (Å²) in [6.45, 7) is 4.08. The van der Waals surface area contributed by atoms with Crippen molar-refractivity contribution in [2.75, 3.05) is 13.1 Å². The number of hydrogen-bond donors (Lipinski definition) is 2. The first-order valence-electron chi connectivity index (χ1n) is 8.87. The molecule has 1 heterocycles. The minimum absolute atomic E-state index is 0. The highest BCUT2D eigenvalue weighted by Gasteiger charge is 2.18. The van der Waals surface area contributed by atoms with Crippen LogP contribution in [0.2, 0.25) is 0 Å². The standard InChI is InChI=1S/C17H29N5O2.HI/c1-3-18-17(20-13-14-10-12-21-22(14)2)19-11-6-9-16(23)24-15-7-4-5-8-15;/h10,12,15H,3-9,11,13H2,1-2H3,(H2,18,19,20);1H. The fourth-order valence-corrected chi connectivity index (χ4v) is 2.75. The summed E-state index contributed by atoms with van der Waals surface area (Å²) in [6.07, 6.45) is 7.51. The zero-order valence-electron chi connectivity index (χ0n) is 15.2. The molecule has 142 valence electrons. The Hall–Kier alpha value is -1.32. The summed E-state index contributed by atoms with van der Waals surface area (Å²) in [7, 11) is 1.90. The average molecular weight is 463 g/mol. The van der Waals surface area contributed by atoms with Crippen molar-refractivity contribution < 1.29 is 9.53 Å². The first-order valence-corrected chi connectivity index (χ1v) is 8.87. The van der Waals surface area contributed by atoms with Crippen LogP contribution in [-0.2, 0) is 23.1 Å². The minimum atomic E-state index is -0.0828. The van der Waals surface area contributed by atoms with Crippen LogP contribution in [0, 0.1) is 0 Å². The monoisotopic (exact) mass is 463 g/mol. The van der Waals surface area contributed by atoms with Gasteiger partial charge in [-0.2, -0.15) is 5.10 Å². The van der Waals surface area contributed by atoms with E-state index in [0.717, 1.165) is 37.5 Å². The summed E-state index contributed by atoms with van der Waals surface area (Å²) in [5, 5.41) is 10.6. The first kappa shape index (κ1) is 21.7. The molecule has 1 aromatic heterocycles. The number of rotatable bonds is 8. The number of ether oxygens (including phenoxy) is 1. The second-order valence-electron chi connectivity index (χ2n) is 6.07. The zero-order valence-corrected chi connectivity index (χ0v) is 17.5. The number of carbonyl (C=O) groups is 1. The molecule has 1 saturated carbocycles. The Morgan fingerprint density at radius 3 is 2.80 bits per heavy atom. The summed E-state index contributed by atoms with van der Waals surface area (Å²) >= 11 is 0. The predicted molar refractivity (Wildman–Crippen MR) is 109 cm³/mol. The molecule has 0 radical (unpaired) electrons. The normalized spacial score (nSPS) is 14.9. The molecule has 1 aliphatic carbocycles. The SMILES string of the molecule is CCNC(=NCc1ccnn1C)NCCCC(=O)OC1CCCC1.I. The highest BCUT2D eigenvalue weighted by Crippen LogP contribution is 2.21. The lowest BCUT2D eigenvalue weighted by atomic mass is 10.3. The molecule has 2 rings (SSSR count). The number of esters is 1. The van der Waals surface area contributed by atoms with E-state index < -0.39 is 0 Å². The maximum absolute atomic E-state index is 11.8. The van der Waals surface area contributed by atoms with Crippen LogP contribution < -0.4 is 10.6 Å². The number of aromatic nitrogens is 2. The van der Waals surface area contributed by atoms with Gasteiger partial charge >= 0.3 is 5.97 Å². The highest BCUT2D eigenvalue weighted by molar-refractivity contribution is 14.0. The van der Waals surface area contributed by atoms with Gasteiger partial charge in [-0.15, -0.1) is 24.0 Å². The molecule has 0 atom stereocenters. The number of halogens is 1. The fourth-order valence-electron chi connectivity index (χ4n) is 2.75. The van der Waals surface area contributed by atoms with Crippen molar-refractivity contribution in [2.45, 2.75) is 58.1 Å². The van der Waals surface area contributed by atoms with Gasteiger partial charge in [0.25, 0.3) is 0 Å². The van der Waals surface area contributed by atoms with Gasteiger partial charge in [-0.3, -0.25) is 9.48 Å². The average Bonchev–Trinajstić information content (AvgIpc) is 3.21. The largest absolute Gasteiger partial charge is 0.462 e. The summed E-state index contributed by atoms with van der Waals surface area (Å²) in [4.78, 5) is 16.3. The van der Waals surface area contributed by atoms with E-state index in [1.54, 1.807) is 6.20 Å². The molecule has 0 amide bonds. The molecule has 0 aliphatic heterocycles. The Morgan fingerprint density at radius 2 is 2.16 bits per heavy atom. The van der Waals surface area contributed by atoms with E-state index >= 15 is 0 Å². The van der Waals surface area contributed by atoms with Crippen molar-refractivity contribution in [2.24, 2.45) is 12.0 Å². The molecule has 0 bridgehead atoms. The summed E-state index contributed by atoms with van der Waals surface area (Å²) in [5.41, 5.74) is 1.05. The summed E-state index contributed by atoms with van der Waals surface area (Å²) in [6, 6.07) is 1.95. The van der Waals surface area contributed by atoms with Gasteiger partial charge in [0, 0.05) is 32.8 Å². The van der Waals surface area contributed by atoms with Gasteiger partial charge < -0.3 is 15.4 Å². The summed E-state index contributed by atoms with van der Waals surface area (Å²) in [5.74, 6) is 0.670. The third kappa shape index (κ3) is 8.06. The first-order chi connectivity index (χ1) is 11.7. The van der Waals surface area contributed by atoms with E-state index in [4.69, 9.17) is 4.74 Å². The Morgan fingerprint density at radius 1 is 1.40 bits per heavy atom. The number of nitrogens with zero attached hydrogens (tertiary/aromatic N) is 3. The van der Waals surface area contributed by atoms with Crippen molar-refractivity contribution in [1.82, 2.24) is 20.4 Å². The molecule has 1 fully saturated rings. The fraction of sp³-hybridized carbons (Fsp3) is 0.706. The molecule has 1 aliphatic rings. The Balaban J connectivity index is 0.00000312. The molecule has 8 heteroatoms. The van der Waals surface area contributed by atoms with Crippen LogP contribution in [0.4, 0.5) is 0 Å². The smallest absolute Gasteiger partial charge is 0.306 e. The molecule has 2 N–H and O–H groups in total. The van der Waals surface area contributed by atoms with Gasteiger partial charge in [0.05, 0.1) is 12.2 Å². The van der Waals surface area contributed by atoms with Crippen LogP contribution in [-0.4, -0.2) is 40.9 Å².